The van der Waals surface area contributed by atoms with Crippen LogP contribution < -0.4 is 0 Å². The first-order valence-corrected chi connectivity index (χ1v) is 9.75. The van der Waals surface area contributed by atoms with Crippen molar-refractivity contribution < 1.29 is 9.59 Å². The van der Waals surface area contributed by atoms with Crippen LogP contribution in [0.3, 0.4) is 0 Å². The second-order valence-electron chi connectivity index (χ2n) is 7.18. The Hall–Kier alpha value is -1.26. The number of amides is 2. The minimum Gasteiger partial charge on any atom is -0.342 e. The summed E-state index contributed by atoms with van der Waals surface area (Å²) < 4.78 is 0. The van der Waals surface area contributed by atoms with Crippen molar-refractivity contribution in [3.05, 3.63) is 33.8 Å². The maximum absolute atomic E-state index is 12.7. The zero-order chi connectivity index (χ0) is 18.0. The molecule has 0 radical (unpaired) electrons. The number of halogens is 2. The molecule has 2 saturated heterocycles. The Bertz CT molecular complexity index is 649. The van der Waals surface area contributed by atoms with E-state index in [-0.39, 0.29) is 17.7 Å². The van der Waals surface area contributed by atoms with Gasteiger partial charge in [0.15, 0.2) is 0 Å². The Labute approximate surface area is 159 Å². The van der Waals surface area contributed by atoms with Crippen molar-refractivity contribution in [2.45, 2.75) is 32.6 Å². The van der Waals surface area contributed by atoms with E-state index in [0.717, 1.165) is 38.8 Å². The van der Waals surface area contributed by atoms with Crippen molar-refractivity contribution in [3.8, 4) is 0 Å². The quantitative estimate of drug-likeness (QED) is 0.772. The van der Waals surface area contributed by atoms with Gasteiger partial charge in [-0.15, -0.1) is 0 Å². The maximum Gasteiger partial charge on any atom is 0.255 e. The number of carbonyl (C=O) groups excluding carboxylic acids is 2. The zero-order valence-corrected chi connectivity index (χ0v) is 16.0. The number of piperidine rings is 2. The van der Waals surface area contributed by atoms with E-state index in [0.29, 0.717) is 34.6 Å². The number of likely N-dealkylation sites (tertiary alicyclic amines) is 2. The van der Waals surface area contributed by atoms with Gasteiger partial charge >= 0.3 is 0 Å². The van der Waals surface area contributed by atoms with E-state index in [1.165, 1.54) is 0 Å². The molecule has 0 atom stereocenters. The highest BCUT2D eigenvalue weighted by atomic mass is 35.5. The van der Waals surface area contributed by atoms with Crippen LogP contribution in [0.4, 0.5) is 0 Å². The summed E-state index contributed by atoms with van der Waals surface area (Å²) in [5.41, 5.74) is 0.434. The van der Waals surface area contributed by atoms with Gasteiger partial charge in [-0.2, -0.15) is 0 Å². The molecule has 1 aromatic carbocycles. The SMILES string of the molecule is CC1CCN(C(=O)C2CCN(C(=O)c3cccc(Cl)c3Cl)CC2)CC1. The lowest BCUT2D eigenvalue weighted by atomic mass is 9.92. The van der Waals surface area contributed by atoms with Crippen LogP contribution in [0.5, 0.6) is 0 Å². The highest BCUT2D eigenvalue weighted by molar-refractivity contribution is 6.43. The zero-order valence-electron chi connectivity index (χ0n) is 14.5. The van der Waals surface area contributed by atoms with Crippen LogP contribution in [0, 0.1) is 11.8 Å². The molecule has 6 heteroatoms. The van der Waals surface area contributed by atoms with E-state index in [2.05, 4.69) is 6.92 Å². The summed E-state index contributed by atoms with van der Waals surface area (Å²) in [6.07, 6.45) is 3.62. The van der Waals surface area contributed by atoms with Crippen LogP contribution in [-0.4, -0.2) is 47.8 Å². The van der Waals surface area contributed by atoms with Crippen molar-refractivity contribution in [2.24, 2.45) is 11.8 Å². The fourth-order valence-corrected chi connectivity index (χ4v) is 4.04. The standard InChI is InChI=1S/C19H24Cl2N2O2/c1-13-5-9-22(10-6-13)18(24)14-7-11-23(12-8-14)19(25)15-3-2-4-16(20)17(15)21/h2-4,13-14H,5-12H2,1H3. The summed E-state index contributed by atoms with van der Waals surface area (Å²) in [5.74, 6) is 0.906. The summed E-state index contributed by atoms with van der Waals surface area (Å²) >= 11 is 12.2. The van der Waals surface area contributed by atoms with Crippen molar-refractivity contribution in [1.29, 1.82) is 0 Å². The summed E-state index contributed by atoms with van der Waals surface area (Å²) in [4.78, 5) is 29.2. The topological polar surface area (TPSA) is 40.6 Å². The first-order chi connectivity index (χ1) is 12.0. The molecule has 0 aliphatic carbocycles. The molecule has 136 valence electrons. The van der Waals surface area contributed by atoms with Gasteiger partial charge in [0.1, 0.15) is 0 Å². The minimum atomic E-state index is -0.106. The van der Waals surface area contributed by atoms with E-state index >= 15 is 0 Å². The monoisotopic (exact) mass is 382 g/mol. The van der Waals surface area contributed by atoms with Crippen molar-refractivity contribution in [2.75, 3.05) is 26.2 Å². The first kappa shape index (κ1) is 18.5. The number of hydrogen-bond donors (Lipinski definition) is 0. The van der Waals surface area contributed by atoms with Crippen LogP contribution in [0.15, 0.2) is 18.2 Å². The third-order valence-corrected chi connectivity index (χ3v) is 6.23. The summed E-state index contributed by atoms with van der Waals surface area (Å²) in [6, 6.07) is 5.10. The van der Waals surface area contributed by atoms with Crippen LogP contribution >= 0.6 is 23.2 Å². The number of hydrogen-bond acceptors (Lipinski definition) is 2. The van der Waals surface area contributed by atoms with Gasteiger partial charge in [0.25, 0.3) is 5.91 Å². The van der Waals surface area contributed by atoms with Gasteiger partial charge in [-0.3, -0.25) is 9.59 Å². The van der Waals surface area contributed by atoms with Gasteiger partial charge in [0, 0.05) is 32.1 Å². The Morgan fingerprint density at radius 3 is 2.20 bits per heavy atom. The van der Waals surface area contributed by atoms with Crippen molar-refractivity contribution >= 4 is 35.0 Å². The van der Waals surface area contributed by atoms with Crippen LogP contribution in [0.2, 0.25) is 10.0 Å². The average Bonchev–Trinajstić information content (AvgIpc) is 2.64. The smallest absolute Gasteiger partial charge is 0.255 e. The van der Waals surface area contributed by atoms with Gasteiger partial charge in [-0.05, 0) is 43.7 Å². The molecule has 25 heavy (non-hydrogen) atoms. The molecule has 0 N–H and O–H groups in total. The molecule has 0 aromatic heterocycles. The third-order valence-electron chi connectivity index (χ3n) is 5.41. The second-order valence-corrected chi connectivity index (χ2v) is 7.96. The average molecular weight is 383 g/mol. The predicted molar refractivity (Wildman–Crippen MR) is 100 cm³/mol. The second kappa shape index (κ2) is 7.96. The fraction of sp³-hybridized carbons (Fsp3) is 0.579. The predicted octanol–water partition coefficient (Wildman–Crippen LogP) is 4.10. The van der Waals surface area contributed by atoms with Gasteiger partial charge in [0.2, 0.25) is 5.91 Å². The number of carbonyl (C=O) groups is 2. The third kappa shape index (κ3) is 4.12. The van der Waals surface area contributed by atoms with E-state index in [9.17, 15) is 9.59 Å². The Balaban J connectivity index is 1.57. The van der Waals surface area contributed by atoms with E-state index in [4.69, 9.17) is 23.2 Å². The minimum absolute atomic E-state index is 0.0345. The number of nitrogens with zero attached hydrogens (tertiary/aromatic N) is 2. The lowest BCUT2D eigenvalue weighted by Crippen LogP contribution is -2.46. The number of rotatable bonds is 2. The van der Waals surface area contributed by atoms with Gasteiger partial charge in [-0.1, -0.05) is 36.2 Å². The molecule has 2 aliphatic rings. The maximum atomic E-state index is 12.7. The molecule has 0 bridgehead atoms. The van der Waals surface area contributed by atoms with E-state index in [1.54, 1.807) is 23.1 Å². The molecule has 2 heterocycles. The van der Waals surface area contributed by atoms with Crippen LogP contribution in [0.1, 0.15) is 43.0 Å². The molecule has 2 amide bonds. The van der Waals surface area contributed by atoms with Crippen LogP contribution in [-0.2, 0) is 4.79 Å². The first-order valence-electron chi connectivity index (χ1n) is 8.99. The van der Waals surface area contributed by atoms with Crippen LogP contribution in [0.25, 0.3) is 0 Å². The van der Waals surface area contributed by atoms with E-state index < -0.39 is 0 Å². The molecule has 2 fully saturated rings. The van der Waals surface area contributed by atoms with E-state index in [1.807, 2.05) is 4.90 Å². The molecule has 0 spiro atoms. The molecule has 3 rings (SSSR count). The summed E-state index contributed by atoms with van der Waals surface area (Å²) in [7, 11) is 0. The molecular formula is C19H24Cl2N2O2. The van der Waals surface area contributed by atoms with Gasteiger partial charge in [0.05, 0.1) is 15.6 Å². The summed E-state index contributed by atoms with van der Waals surface area (Å²) in [5, 5.41) is 0.687. The fourth-order valence-electron chi connectivity index (χ4n) is 3.66. The van der Waals surface area contributed by atoms with Crippen molar-refractivity contribution in [1.82, 2.24) is 9.80 Å². The molecule has 2 aliphatic heterocycles. The largest absolute Gasteiger partial charge is 0.342 e. The lowest BCUT2D eigenvalue weighted by molar-refractivity contribution is -0.138. The molecule has 4 nitrogen and oxygen atoms in total. The van der Waals surface area contributed by atoms with Crippen molar-refractivity contribution in [3.63, 3.8) is 0 Å². The lowest BCUT2D eigenvalue weighted by Gasteiger charge is -2.36. The van der Waals surface area contributed by atoms with Gasteiger partial charge in [-0.25, -0.2) is 0 Å². The summed E-state index contributed by atoms with van der Waals surface area (Å²) in [6.45, 7) is 5.16. The highest BCUT2D eigenvalue weighted by Gasteiger charge is 2.32. The Morgan fingerprint density at radius 2 is 1.56 bits per heavy atom. The Morgan fingerprint density at radius 1 is 0.960 bits per heavy atom. The highest BCUT2D eigenvalue weighted by Crippen LogP contribution is 2.29. The molecule has 0 unspecified atom stereocenters. The molecule has 1 aromatic rings. The normalized spacial score (nSPS) is 20.0. The molecule has 0 saturated carbocycles. The molecular weight excluding hydrogens is 359 g/mol. The van der Waals surface area contributed by atoms with Gasteiger partial charge < -0.3 is 9.80 Å². The Kier molecular flexibility index (Phi) is 5.90. The number of benzene rings is 1.